The molecule has 1 amide bonds. The van der Waals surface area contributed by atoms with Crippen LogP contribution in [0.1, 0.15) is 44.7 Å². The Labute approximate surface area is 139 Å². The van der Waals surface area contributed by atoms with Crippen LogP contribution in [-0.2, 0) is 4.79 Å². The van der Waals surface area contributed by atoms with Crippen LogP contribution in [0.5, 0.6) is 5.75 Å². The second kappa shape index (κ2) is 12.1. The molecule has 0 unspecified atom stereocenters. The number of amides is 1. The van der Waals surface area contributed by atoms with Crippen LogP contribution in [0.3, 0.4) is 0 Å². The molecule has 2 aromatic rings. The minimum absolute atomic E-state index is 0.514. The third-order valence-electron chi connectivity index (χ3n) is 2.89. The van der Waals surface area contributed by atoms with E-state index in [0.29, 0.717) is 18.1 Å². The van der Waals surface area contributed by atoms with E-state index in [-0.39, 0.29) is 0 Å². The fourth-order valence-corrected chi connectivity index (χ4v) is 1.63. The van der Waals surface area contributed by atoms with Crippen molar-refractivity contribution in [3.8, 4) is 5.75 Å². The van der Waals surface area contributed by atoms with Crippen molar-refractivity contribution in [3.63, 3.8) is 0 Å². The molecule has 0 spiro atoms. The molecule has 0 bridgehead atoms. The molecule has 23 heavy (non-hydrogen) atoms. The Bertz CT molecular complexity index is 557. The molecule has 0 atom stereocenters. The topological polar surface area (TPSA) is 64.1 Å². The lowest BCUT2D eigenvalue weighted by atomic mass is 10.0. The zero-order valence-electron chi connectivity index (χ0n) is 14.8. The van der Waals surface area contributed by atoms with Crippen molar-refractivity contribution < 1.29 is 9.53 Å². The highest BCUT2D eigenvalue weighted by Gasteiger charge is 2.02. The van der Waals surface area contributed by atoms with Crippen LogP contribution in [0, 0.1) is 6.92 Å². The van der Waals surface area contributed by atoms with Gasteiger partial charge in [-0.15, -0.1) is 0 Å². The van der Waals surface area contributed by atoms with E-state index >= 15 is 0 Å². The predicted molar refractivity (Wildman–Crippen MR) is 94.9 cm³/mol. The zero-order chi connectivity index (χ0) is 17.7. The third kappa shape index (κ3) is 7.95. The summed E-state index contributed by atoms with van der Waals surface area (Å²) in [6.45, 7) is 10.4. The Hall–Kier alpha value is -2.43. The van der Waals surface area contributed by atoms with E-state index in [0.717, 1.165) is 5.75 Å². The number of nitrogens with zero attached hydrogens (tertiary/aromatic N) is 2. The number of methoxy groups -OCH3 is 1. The highest BCUT2D eigenvalue weighted by Crippen LogP contribution is 2.23. The first kappa shape index (κ1) is 20.6. The molecule has 0 saturated carbocycles. The van der Waals surface area contributed by atoms with Crippen molar-refractivity contribution in [2.45, 2.75) is 40.5 Å². The highest BCUT2D eigenvalue weighted by molar-refractivity contribution is 5.68. The summed E-state index contributed by atoms with van der Waals surface area (Å²) in [5.74, 6) is 2.07. The van der Waals surface area contributed by atoms with Gasteiger partial charge < -0.3 is 10.1 Å². The lowest BCUT2D eigenvalue weighted by molar-refractivity contribution is -0.105. The van der Waals surface area contributed by atoms with Gasteiger partial charge in [0.2, 0.25) is 6.41 Å². The molecule has 0 fully saturated rings. The smallest absolute Gasteiger partial charge is 0.212 e. The summed E-state index contributed by atoms with van der Waals surface area (Å²) >= 11 is 0. The minimum Gasteiger partial charge on any atom is -0.496 e. The fourth-order valence-electron chi connectivity index (χ4n) is 1.63. The van der Waals surface area contributed by atoms with Crippen LogP contribution in [0.15, 0.2) is 36.8 Å². The summed E-state index contributed by atoms with van der Waals surface area (Å²) in [4.78, 5) is 17.2. The number of hydrogen-bond acceptors (Lipinski definition) is 4. The first-order valence-electron chi connectivity index (χ1n) is 7.69. The van der Waals surface area contributed by atoms with Gasteiger partial charge in [-0.25, -0.2) is 9.97 Å². The van der Waals surface area contributed by atoms with Gasteiger partial charge in [0.15, 0.2) is 0 Å². The Kier molecular flexibility index (Phi) is 10.9. The number of nitrogens with one attached hydrogen (secondary N) is 1. The van der Waals surface area contributed by atoms with E-state index in [1.807, 2.05) is 13.8 Å². The zero-order valence-corrected chi connectivity index (χ0v) is 14.8. The molecule has 0 aliphatic heterocycles. The number of ether oxygens (including phenoxy) is 1. The fraction of sp³-hybridized carbons (Fsp3) is 0.389. The standard InChI is InChI=1S/C11H16O.C5H5N3O.C2H6/c1-8(2)10-6-5-9(3)11(7-10)12-4;9-4-8-5-1-2-6-3-7-5;1-2/h5-8H,1-4H3;1-4H,(H,6,7,8,9);1-2H3. The van der Waals surface area contributed by atoms with Gasteiger partial charge in [0.25, 0.3) is 0 Å². The maximum Gasteiger partial charge on any atom is 0.212 e. The van der Waals surface area contributed by atoms with Crippen LogP contribution in [0.4, 0.5) is 5.82 Å². The van der Waals surface area contributed by atoms with E-state index in [2.05, 4.69) is 54.3 Å². The molecule has 0 saturated heterocycles. The van der Waals surface area contributed by atoms with Gasteiger partial charge in [0, 0.05) is 6.20 Å². The molecule has 126 valence electrons. The molecule has 0 radical (unpaired) electrons. The number of aromatic nitrogens is 2. The molecule has 0 aliphatic carbocycles. The number of benzene rings is 1. The highest BCUT2D eigenvalue weighted by atomic mass is 16.5. The average molecular weight is 317 g/mol. The van der Waals surface area contributed by atoms with Gasteiger partial charge in [-0.3, -0.25) is 4.79 Å². The molecular weight excluding hydrogens is 290 g/mol. The van der Waals surface area contributed by atoms with E-state index in [9.17, 15) is 4.79 Å². The number of aryl methyl sites for hydroxylation is 1. The first-order valence-corrected chi connectivity index (χ1v) is 7.69. The SMILES string of the molecule is CC.COc1cc(C(C)C)ccc1C.O=CNc1ccncn1. The number of hydrogen-bond donors (Lipinski definition) is 1. The van der Waals surface area contributed by atoms with E-state index in [1.54, 1.807) is 19.4 Å². The lowest BCUT2D eigenvalue weighted by Crippen LogP contribution is -1.95. The normalized spacial score (nSPS) is 9.00. The second-order valence-corrected chi connectivity index (χ2v) is 4.74. The Morgan fingerprint density at radius 2 is 1.91 bits per heavy atom. The Morgan fingerprint density at radius 1 is 1.22 bits per heavy atom. The first-order chi connectivity index (χ1) is 11.1. The van der Waals surface area contributed by atoms with Gasteiger partial charge in [-0.1, -0.05) is 39.8 Å². The van der Waals surface area contributed by atoms with Crippen molar-refractivity contribution in [2.24, 2.45) is 0 Å². The monoisotopic (exact) mass is 317 g/mol. The molecule has 0 aliphatic rings. The molecule has 2 rings (SSSR count). The predicted octanol–water partition coefficient (Wildman–Crippen LogP) is 4.20. The summed E-state index contributed by atoms with van der Waals surface area (Å²) in [6, 6.07) is 7.98. The van der Waals surface area contributed by atoms with Gasteiger partial charge in [-0.2, -0.15) is 0 Å². The summed E-state index contributed by atoms with van der Waals surface area (Å²) in [6.07, 6.45) is 3.49. The van der Waals surface area contributed by atoms with Gasteiger partial charge in [0.05, 0.1) is 7.11 Å². The average Bonchev–Trinajstić information content (AvgIpc) is 2.59. The lowest BCUT2D eigenvalue weighted by Gasteiger charge is -2.09. The minimum atomic E-state index is 0.514. The largest absolute Gasteiger partial charge is 0.496 e. The Morgan fingerprint density at radius 3 is 2.39 bits per heavy atom. The Balaban J connectivity index is 0.000000392. The molecule has 5 nitrogen and oxygen atoms in total. The van der Waals surface area contributed by atoms with Crippen LogP contribution in [0.25, 0.3) is 0 Å². The number of carbonyl (C=O) groups is 1. The van der Waals surface area contributed by atoms with Crippen molar-refractivity contribution in [2.75, 3.05) is 12.4 Å². The third-order valence-corrected chi connectivity index (χ3v) is 2.89. The molecule has 1 aromatic heterocycles. The van der Waals surface area contributed by atoms with Crippen LogP contribution in [-0.4, -0.2) is 23.5 Å². The van der Waals surface area contributed by atoms with Crippen molar-refractivity contribution in [1.82, 2.24) is 9.97 Å². The molecule has 5 heteroatoms. The summed E-state index contributed by atoms with van der Waals surface area (Å²) in [5.41, 5.74) is 2.53. The van der Waals surface area contributed by atoms with Crippen molar-refractivity contribution in [3.05, 3.63) is 47.9 Å². The summed E-state index contributed by atoms with van der Waals surface area (Å²) in [5, 5.41) is 2.38. The van der Waals surface area contributed by atoms with Crippen LogP contribution in [0.2, 0.25) is 0 Å². The van der Waals surface area contributed by atoms with E-state index in [4.69, 9.17) is 4.74 Å². The maximum atomic E-state index is 9.80. The van der Waals surface area contributed by atoms with Crippen LogP contribution < -0.4 is 10.1 Å². The molecule has 1 aromatic carbocycles. The molecule has 1 N–H and O–H groups in total. The van der Waals surface area contributed by atoms with Gasteiger partial charge in [-0.05, 0) is 36.1 Å². The van der Waals surface area contributed by atoms with E-state index < -0.39 is 0 Å². The van der Waals surface area contributed by atoms with Crippen LogP contribution >= 0.6 is 0 Å². The van der Waals surface area contributed by atoms with Crippen molar-refractivity contribution in [1.29, 1.82) is 0 Å². The van der Waals surface area contributed by atoms with Crippen molar-refractivity contribution >= 4 is 12.2 Å². The quantitative estimate of drug-likeness (QED) is 0.858. The molecule has 1 heterocycles. The van der Waals surface area contributed by atoms with E-state index in [1.165, 1.54) is 17.5 Å². The maximum absolute atomic E-state index is 9.80. The number of anilines is 1. The summed E-state index contributed by atoms with van der Waals surface area (Å²) < 4.78 is 5.24. The molecular formula is C18H27N3O2. The van der Waals surface area contributed by atoms with Gasteiger partial charge >= 0.3 is 0 Å². The number of rotatable bonds is 4. The van der Waals surface area contributed by atoms with Gasteiger partial charge in [0.1, 0.15) is 17.9 Å². The number of carbonyl (C=O) groups excluding carboxylic acids is 1. The summed E-state index contributed by atoms with van der Waals surface area (Å²) in [7, 11) is 1.71. The second-order valence-electron chi connectivity index (χ2n) is 4.74.